The van der Waals surface area contributed by atoms with Crippen molar-refractivity contribution in [1.29, 1.82) is 0 Å². The van der Waals surface area contributed by atoms with Gasteiger partial charge in [0.05, 0.1) is 12.7 Å². The van der Waals surface area contributed by atoms with E-state index in [1.807, 2.05) is 0 Å². The topological polar surface area (TPSA) is 35.0 Å². The standard InChI is InChI=1S/C8H9ClN2O/c1-12-8-6(5-2-3-5)7(9)10-4-11-8/h4-5H,2-3H2,1H3. The number of aromatic nitrogens is 2. The van der Waals surface area contributed by atoms with Gasteiger partial charge in [-0.2, -0.15) is 0 Å². The normalized spacial score (nSPS) is 16.2. The summed E-state index contributed by atoms with van der Waals surface area (Å²) in [4.78, 5) is 7.92. The largest absolute Gasteiger partial charge is 0.481 e. The monoisotopic (exact) mass is 184 g/mol. The van der Waals surface area contributed by atoms with Crippen LogP contribution in [0.2, 0.25) is 5.15 Å². The Morgan fingerprint density at radius 3 is 2.83 bits per heavy atom. The lowest BCUT2D eigenvalue weighted by atomic mass is 10.2. The highest BCUT2D eigenvalue weighted by atomic mass is 35.5. The Morgan fingerprint density at radius 2 is 2.25 bits per heavy atom. The first-order valence-electron chi connectivity index (χ1n) is 3.87. The Bertz CT molecular complexity index is 299. The molecule has 1 aliphatic carbocycles. The molecule has 0 aromatic carbocycles. The second-order valence-electron chi connectivity index (χ2n) is 2.86. The van der Waals surface area contributed by atoms with Gasteiger partial charge < -0.3 is 4.74 Å². The molecule has 0 unspecified atom stereocenters. The van der Waals surface area contributed by atoms with Crippen molar-refractivity contribution in [1.82, 2.24) is 9.97 Å². The third kappa shape index (κ3) is 1.25. The van der Waals surface area contributed by atoms with Gasteiger partial charge in [-0.15, -0.1) is 0 Å². The van der Waals surface area contributed by atoms with Crippen molar-refractivity contribution >= 4 is 11.6 Å². The first kappa shape index (κ1) is 7.80. The molecule has 0 bridgehead atoms. The minimum Gasteiger partial charge on any atom is -0.481 e. The van der Waals surface area contributed by atoms with Crippen molar-refractivity contribution in [2.45, 2.75) is 18.8 Å². The summed E-state index contributed by atoms with van der Waals surface area (Å²) in [6.07, 6.45) is 3.76. The maximum Gasteiger partial charge on any atom is 0.221 e. The minimum absolute atomic E-state index is 0.522. The number of hydrogen-bond donors (Lipinski definition) is 0. The summed E-state index contributed by atoms with van der Waals surface area (Å²) in [5, 5.41) is 0.532. The lowest BCUT2D eigenvalue weighted by Gasteiger charge is -2.05. The van der Waals surface area contributed by atoms with Gasteiger partial charge in [-0.05, 0) is 18.8 Å². The Labute approximate surface area is 75.7 Å². The predicted octanol–water partition coefficient (Wildman–Crippen LogP) is 2.02. The van der Waals surface area contributed by atoms with Crippen LogP contribution in [0.5, 0.6) is 5.88 Å². The van der Waals surface area contributed by atoms with Crippen molar-refractivity contribution in [2.75, 3.05) is 7.11 Å². The van der Waals surface area contributed by atoms with Gasteiger partial charge in [0, 0.05) is 0 Å². The molecule has 3 nitrogen and oxygen atoms in total. The predicted molar refractivity (Wildman–Crippen MR) is 45.6 cm³/mol. The van der Waals surface area contributed by atoms with E-state index in [1.165, 1.54) is 19.2 Å². The molecule has 0 saturated heterocycles. The molecule has 1 saturated carbocycles. The number of methoxy groups -OCH3 is 1. The van der Waals surface area contributed by atoms with Gasteiger partial charge in [0.25, 0.3) is 0 Å². The molecule has 2 rings (SSSR count). The van der Waals surface area contributed by atoms with E-state index in [0.717, 1.165) is 5.56 Å². The Hall–Kier alpha value is -0.830. The number of ether oxygens (including phenoxy) is 1. The first-order valence-corrected chi connectivity index (χ1v) is 4.25. The SMILES string of the molecule is COc1ncnc(Cl)c1C1CC1. The van der Waals surface area contributed by atoms with Gasteiger partial charge >= 0.3 is 0 Å². The van der Waals surface area contributed by atoms with Crippen LogP contribution in [-0.4, -0.2) is 17.1 Å². The first-order chi connectivity index (χ1) is 5.83. The molecule has 0 spiro atoms. The summed E-state index contributed by atoms with van der Waals surface area (Å²) in [6, 6.07) is 0. The van der Waals surface area contributed by atoms with Crippen molar-refractivity contribution in [3.8, 4) is 5.88 Å². The molecule has 0 amide bonds. The summed E-state index contributed by atoms with van der Waals surface area (Å²) in [5.41, 5.74) is 0.974. The van der Waals surface area contributed by atoms with Crippen LogP contribution in [-0.2, 0) is 0 Å². The molecule has 4 heteroatoms. The summed E-state index contributed by atoms with van der Waals surface area (Å²) in [7, 11) is 1.60. The lowest BCUT2D eigenvalue weighted by Crippen LogP contribution is -1.96. The zero-order chi connectivity index (χ0) is 8.55. The zero-order valence-electron chi connectivity index (χ0n) is 6.75. The van der Waals surface area contributed by atoms with Gasteiger partial charge in [-0.1, -0.05) is 11.6 Å². The fourth-order valence-electron chi connectivity index (χ4n) is 1.24. The van der Waals surface area contributed by atoms with Crippen LogP contribution in [0.3, 0.4) is 0 Å². The van der Waals surface area contributed by atoms with Crippen LogP contribution in [0.25, 0.3) is 0 Å². The molecular formula is C8H9ClN2O. The summed E-state index contributed by atoms with van der Waals surface area (Å²) >= 11 is 5.91. The van der Waals surface area contributed by atoms with Crippen molar-refractivity contribution < 1.29 is 4.74 Å². The van der Waals surface area contributed by atoms with Gasteiger partial charge in [-0.3, -0.25) is 0 Å². The van der Waals surface area contributed by atoms with E-state index in [9.17, 15) is 0 Å². The highest BCUT2D eigenvalue weighted by molar-refractivity contribution is 6.30. The third-order valence-corrected chi connectivity index (χ3v) is 2.28. The molecule has 0 radical (unpaired) electrons. The van der Waals surface area contributed by atoms with Gasteiger partial charge in [0.2, 0.25) is 5.88 Å². The van der Waals surface area contributed by atoms with E-state index in [1.54, 1.807) is 7.11 Å². The van der Waals surface area contributed by atoms with E-state index in [-0.39, 0.29) is 0 Å². The van der Waals surface area contributed by atoms with Crippen LogP contribution in [0.15, 0.2) is 6.33 Å². The van der Waals surface area contributed by atoms with Crippen molar-refractivity contribution in [3.05, 3.63) is 17.0 Å². The number of halogens is 1. The number of hydrogen-bond acceptors (Lipinski definition) is 3. The van der Waals surface area contributed by atoms with Gasteiger partial charge in [0.15, 0.2) is 0 Å². The van der Waals surface area contributed by atoms with Gasteiger partial charge in [-0.25, -0.2) is 9.97 Å². The smallest absolute Gasteiger partial charge is 0.221 e. The average molecular weight is 185 g/mol. The Morgan fingerprint density at radius 1 is 1.50 bits per heavy atom. The Balaban J connectivity index is 2.45. The third-order valence-electron chi connectivity index (χ3n) is 1.98. The number of nitrogens with zero attached hydrogens (tertiary/aromatic N) is 2. The zero-order valence-corrected chi connectivity index (χ0v) is 7.51. The molecule has 1 aromatic rings. The maximum atomic E-state index is 5.91. The van der Waals surface area contributed by atoms with E-state index >= 15 is 0 Å². The quantitative estimate of drug-likeness (QED) is 0.660. The van der Waals surface area contributed by atoms with E-state index in [2.05, 4.69) is 9.97 Å². The lowest BCUT2D eigenvalue weighted by molar-refractivity contribution is 0.391. The molecule has 1 heterocycles. The summed E-state index contributed by atoms with van der Waals surface area (Å²) in [5.74, 6) is 1.14. The van der Waals surface area contributed by atoms with Crippen molar-refractivity contribution in [3.63, 3.8) is 0 Å². The average Bonchev–Trinajstić information content (AvgIpc) is 2.87. The molecule has 12 heavy (non-hydrogen) atoms. The summed E-state index contributed by atoms with van der Waals surface area (Å²) in [6.45, 7) is 0. The van der Waals surface area contributed by atoms with Crippen LogP contribution in [0.1, 0.15) is 24.3 Å². The van der Waals surface area contributed by atoms with Crippen LogP contribution in [0, 0.1) is 0 Å². The van der Waals surface area contributed by atoms with E-state index in [4.69, 9.17) is 16.3 Å². The maximum absolute atomic E-state index is 5.91. The fraction of sp³-hybridized carbons (Fsp3) is 0.500. The summed E-state index contributed by atoms with van der Waals surface area (Å²) < 4.78 is 5.09. The van der Waals surface area contributed by atoms with E-state index in [0.29, 0.717) is 17.0 Å². The molecule has 64 valence electrons. The molecule has 0 N–H and O–H groups in total. The van der Waals surface area contributed by atoms with Crippen LogP contribution in [0.4, 0.5) is 0 Å². The molecular weight excluding hydrogens is 176 g/mol. The van der Waals surface area contributed by atoms with Crippen LogP contribution < -0.4 is 4.74 Å². The molecule has 1 aromatic heterocycles. The molecule has 1 aliphatic rings. The Kier molecular flexibility index (Phi) is 1.89. The van der Waals surface area contributed by atoms with Crippen LogP contribution >= 0.6 is 11.6 Å². The molecule has 1 fully saturated rings. The van der Waals surface area contributed by atoms with Gasteiger partial charge in [0.1, 0.15) is 11.5 Å². The van der Waals surface area contributed by atoms with E-state index < -0.39 is 0 Å². The van der Waals surface area contributed by atoms with Crippen molar-refractivity contribution in [2.24, 2.45) is 0 Å². The molecule has 0 atom stereocenters. The fourth-order valence-corrected chi connectivity index (χ4v) is 1.52. The highest BCUT2D eigenvalue weighted by Gasteiger charge is 2.30. The second-order valence-corrected chi connectivity index (χ2v) is 3.22. The minimum atomic E-state index is 0.522. The highest BCUT2D eigenvalue weighted by Crippen LogP contribution is 2.45. The second kappa shape index (κ2) is 2.90. The molecule has 0 aliphatic heterocycles. The number of rotatable bonds is 2.